The zero-order chi connectivity index (χ0) is 54.6. The average molecular weight is 1030 g/mol. The summed E-state index contributed by atoms with van der Waals surface area (Å²) in [5.74, 6) is -0.657. The topological polar surface area (TPSA) is 193 Å². The molecule has 0 aliphatic heterocycles. The van der Waals surface area contributed by atoms with Crippen molar-refractivity contribution in [1.29, 1.82) is 0 Å². The molecule has 2 N–H and O–H groups in total. The van der Waals surface area contributed by atoms with E-state index in [1.807, 2.05) is 76.5 Å². The second kappa shape index (κ2) is 28.8. The second-order valence-corrected chi connectivity index (χ2v) is 19.3. The van der Waals surface area contributed by atoms with Gasteiger partial charge in [-0.05, 0) is 138 Å². The van der Waals surface area contributed by atoms with E-state index >= 15 is 0 Å². The predicted molar refractivity (Wildman–Crippen MR) is 292 cm³/mol. The molecule has 0 aromatic heterocycles. The van der Waals surface area contributed by atoms with Crippen LogP contribution in [-0.2, 0) is 28.6 Å². The Labute approximate surface area is 440 Å². The lowest BCUT2D eigenvalue weighted by molar-refractivity contribution is -0.155. The number of methoxy groups -OCH3 is 1. The highest BCUT2D eigenvalue weighted by atomic mass is 16.6. The molecule has 6 aromatic carbocycles. The molecule has 0 radical (unpaired) electrons. The minimum atomic E-state index is -0.564. The molecule has 75 heavy (non-hydrogen) atoms. The van der Waals surface area contributed by atoms with Gasteiger partial charge in [0.2, 0.25) is 5.78 Å². The van der Waals surface area contributed by atoms with Crippen LogP contribution in [0.3, 0.4) is 0 Å². The van der Waals surface area contributed by atoms with Crippen LogP contribution in [0.5, 0.6) is 11.5 Å². The number of rotatable bonds is 18. The quantitative estimate of drug-likeness (QED) is 0.0206. The van der Waals surface area contributed by atoms with E-state index in [9.17, 15) is 28.8 Å². The molecule has 6 aromatic rings. The number of nitrogens with zero attached hydrogens (tertiary/aromatic N) is 1. The summed E-state index contributed by atoms with van der Waals surface area (Å²) in [4.78, 5) is 84.7. The molecule has 0 spiro atoms. The highest BCUT2D eigenvalue weighted by molar-refractivity contribution is 6.09. The Morgan fingerprint density at radius 1 is 0.547 bits per heavy atom. The number of aryl methyl sites for hydroxylation is 2. The summed E-state index contributed by atoms with van der Waals surface area (Å²) < 4.78 is 25.9. The summed E-state index contributed by atoms with van der Waals surface area (Å²) >= 11 is 0. The van der Waals surface area contributed by atoms with Gasteiger partial charge in [0, 0.05) is 55.6 Å². The van der Waals surface area contributed by atoms with Gasteiger partial charge in [-0.2, -0.15) is 0 Å². The molecule has 0 fully saturated rings. The van der Waals surface area contributed by atoms with Crippen molar-refractivity contribution in [3.8, 4) is 11.5 Å². The molecular formula is C60H71N3O12. The van der Waals surface area contributed by atoms with Gasteiger partial charge in [-0.1, -0.05) is 79.2 Å². The van der Waals surface area contributed by atoms with Gasteiger partial charge < -0.3 is 39.2 Å². The van der Waals surface area contributed by atoms with E-state index in [1.54, 1.807) is 113 Å². The molecule has 0 aliphatic rings. The van der Waals surface area contributed by atoms with Crippen molar-refractivity contribution in [2.45, 2.75) is 86.9 Å². The molecular weight excluding hydrogens is 955 g/mol. The van der Waals surface area contributed by atoms with Gasteiger partial charge in [0.05, 0.1) is 20.0 Å². The Kier molecular flexibility index (Phi) is 23.4. The molecule has 15 heteroatoms. The number of carbonyl (C=O) groups is 7. The molecule has 0 aliphatic carbocycles. The zero-order valence-corrected chi connectivity index (χ0v) is 44.1. The number of nitrogens with one attached hydrogen (secondary N) is 2. The Morgan fingerprint density at radius 3 is 1.36 bits per heavy atom. The number of hydrogen-bond donors (Lipinski definition) is 2. The fraction of sp³-hybridized carbons (Fsp3) is 0.317. The minimum Gasteiger partial charge on any atom is -0.485 e. The maximum absolute atomic E-state index is 13.3. The van der Waals surface area contributed by atoms with E-state index in [0.717, 1.165) is 27.1 Å². The molecule has 0 bridgehead atoms. The number of amides is 2. The first-order valence-electron chi connectivity index (χ1n) is 23.9. The highest BCUT2D eigenvalue weighted by Gasteiger charge is 2.20. The molecule has 0 heterocycles. The third-order valence-corrected chi connectivity index (χ3v) is 10.2. The maximum atomic E-state index is 13.3. The molecule has 6 rings (SSSR count). The van der Waals surface area contributed by atoms with Crippen LogP contribution in [0, 0.1) is 13.8 Å². The first-order chi connectivity index (χ1) is 34.9. The van der Waals surface area contributed by atoms with Gasteiger partial charge >= 0.3 is 11.9 Å². The van der Waals surface area contributed by atoms with Crippen LogP contribution in [-0.4, -0.2) is 98.8 Å². The van der Waals surface area contributed by atoms with Crippen molar-refractivity contribution in [3.05, 3.63) is 167 Å². The van der Waals surface area contributed by atoms with E-state index in [0.29, 0.717) is 40.2 Å². The molecule has 2 amide bonds. The SMILES string of the molecule is C.COC=O.Cc1ccc2cc(C(=O)/C(=C/N(C)C)Oc3ccc(C(=O)NCCC(=O)OC(C)(C)C)cc3)ccc2c1.Cc1ccc2cc(C(=O)COc3ccc(C(=O)NCCC(=O)OC(C)(C)C)cc3)ccc2c1. The van der Waals surface area contributed by atoms with Crippen LogP contribution in [0.2, 0.25) is 0 Å². The third kappa shape index (κ3) is 21.3. The maximum Gasteiger partial charge on any atom is 0.308 e. The van der Waals surface area contributed by atoms with E-state index in [-0.39, 0.29) is 81.0 Å². The standard InChI is InChI=1S/C30H34N2O5.C27H29NO5.C2H4O2.CH4/c1-20-7-8-23-18-24(10-9-22(23)17-20)28(34)26(19-32(5)6)36-25-13-11-21(12-14-25)29(35)31-16-15-27(33)37-30(2,3)4;1-18-5-6-21-16-22(8-7-20(21)15-18)24(29)17-32-23-11-9-19(10-12-23)26(31)28-14-13-25(30)33-27(2,3)4;1-4-2-3;/h7-14,17-19H,15-16H2,1-6H3,(H,31,35);5-12,15-16H,13-14,17H2,1-4H3,(H,28,31);2H,1H3;1H4/b26-19-;;;. The summed E-state index contributed by atoms with van der Waals surface area (Å²) in [6.07, 6.45) is 1.80. The van der Waals surface area contributed by atoms with Gasteiger partial charge in [0.15, 0.2) is 18.1 Å². The van der Waals surface area contributed by atoms with Crippen molar-refractivity contribution in [2.24, 2.45) is 0 Å². The Morgan fingerprint density at radius 2 is 0.933 bits per heavy atom. The van der Waals surface area contributed by atoms with Gasteiger partial charge in [-0.3, -0.25) is 33.6 Å². The van der Waals surface area contributed by atoms with Gasteiger partial charge in [0.25, 0.3) is 18.3 Å². The smallest absolute Gasteiger partial charge is 0.308 e. The molecule has 15 nitrogen and oxygen atoms in total. The number of esters is 2. The summed E-state index contributed by atoms with van der Waals surface area (Å²) in [5, 5.41) is 9.54. The van der Waals surface area contributed by atoms with Crippen LogP contribution >= 0.6 is 0 Å². The summed E-state index contributed by atoms with van der Waals surface area (Å²) in [5.41, 5.74) is 3.16. The number of carbonyl (C=O) groups excluding carboxylic acids is 7. The first-order valence-corrected chi connectivity index (χ1v) is 23.9. The van der Waals surface area contributed by atoms with Crippen molar-refractivity contribution in [1.82, 2.24) is 15.5 Å². The van der Waals surface area contributed by atoms with E-state index < -0.39 is 11.2 Å². The average Bonchev–Trinajstić information content (AvgIpc) is 3.34. The van der Waals surface area contributed by atoms with Crippen LogP contribution in [0.1, 0.15) is 114 Å². The van der Waals surface area contributed by atoms with Crippen molar-refractivity contribution >= 4 is 63.3 Å². The van der Waals surface area contributed by atoms with Gasteiger partial charge in [-0.15, -0.1) is 0 Å². The Hall–Kier alpha value is -8.33. The largest absolute Gasteiger partial charge is 0.485 e. The minimum absolute atomic E-state index is 0. The van der Waals surface area contributed by atoms with E-state index in [4.69, 9.17) is 23.7 Å². The number of ether oxygens (including phenoxy) is 5. The van der Waals surface area contributed by atoms with Crippen molar-refractivity contribution in [3.63, 3.8) is 0 Å². The van der Waals surface area contributed by atoms with Crippen LogP contribution < -0.4 is 20.1 Å². The number of fused-ring (bicyclic) bond motifs is 2. The fourth-order valence-corrected chi connectivity index (χ4v) is 6.83. The summed E-state index contributed by atoms with van der Waals surface area (Å²) in [6, 6.07) is 36.3. The molecule has 0 unspecified atom stereocenters. The van der Waals surface area contributed by atoms with Crippen molar-refractivity contribution in [2.75, 3.05) is 40.9 Å². The van der Waals surface area contributed by atoms with Crippen molar-refractivity contribution < 1.29 is 57.2 Å². The number of allylic oxidation sites excluding steroid dienone is 1. The zero-order valence-electron chi connectivity index (χ0n) is 44.1. The lowest BCUT2D eigenvalue weighted by Crippen LogP contribution is -2.29. The molecule has 0 saturated heterocycles. The van der Waals surface area contributed by atoms with E-state index in [2.05, 4.69) is 27.5 Å². The number of hydrogen-bond acceptors (Lipinski definition) is 13. The van der Waals surface area contributed by atoms with Gasteiger partial charge in [-0.25, -0.2) is 0 Å². The third-order valence-electron chi connectivity index (χ3n) is 10.2. The lowest BCUT2D eigenvalue weighted by atomic mass is 10.0. The Balaban J connectivity index is 0.000000366. The van der Waals surface area contributed by atoms with E-state index in [1.165, 1.54) is 12.7 Å². The first kappa shape index (κ1) is 61.0. The lowest BCUT2D eigenvalue weighted by Gasteiger charge is -2.19. The molecule has 398 valence electrons. The predicted octanol–water partition coefficient (Wildman–Crippen LogP) is 10.6. The van der Waals surface area contributed by atoms with Gasteiger partial charge in [0.1, 0.15) is 22.7 Å². The van der Waals surface area contributed by atoms with Crippen LogP contribution in [0.4, 0.5) is 0 Å². The number of Topliss-reactive ketones (excluding diaryl/α,β-unsaturated/α-hetero) is 2. The van der Waals surface area contributed by atoms with Crippen LogP contribution in [0.15, 0.2) is 133 Å². The summed E-state index contributed by atoms with van der Waals surface area (Å²) in [7, 11) is 4.93. The fourth-order valence-electron chi connectivity index (χ4n) is 6.83. The molecule has 0 atom stereocenters. The second-order valence-electron chi connectivity index (χ2n) is 19.3. The highest BCUT2D eigenvalue weighted by Crippen LogP contribution is 2.23. The summed E-state index contributed by atoms with van der Waals surface area (Å²) in [6.45, 7) is 15.5. The Bertz CT molecular complexity index is 2950. The molecule has 0 saturated carbocycles. The number of benzene rings is 6. The van der Waals surface area contributed by atoms with Crippen LogP contribution in [0.25, 0.3) is 21.5 Å². The monoisotopic (exact) mass is 1030 g/mol. The number of ketones is 2. The normalized spacial score (nSPS) is 10.9.